The number of benzene rings is 1. The number of carbonyl (C=O) groups is 1. The Kier molecular flexibility index (Phi) is 4.82. The van der Waals surface area contributed by atoms with Crippen LogP contribution in [0, 0.1) is 0 Å². The van der Waals surface area contributed by atoms with Crippen molar-refractivity contribution in [3.05, 3.63) is 36.5 Å². The van der Waals surface area contributed by atoms with E-state index in [4.69, 9.17) is 0 Å². The van der Waals surface area contributed by atoms with Crippen molar-refractivity contribution in [2.24, 2.45) is 0 Å². The molecule has 0 bridgehead atoms. The summed E-state index contributed by atoms with van der Waals surface area (Å²) >= 11 is 0. The summed E-state index contributed by atoms with van der Waals surface area (Å²) in [4.78, 5) is 16.7. The molecular formula is C17H21N3O3S. The van der Waals surface area contributed by atoms with E-state index in [-0.39, 0.29) is 18.5 Å². The maximum Gasteiger partial charge on any atom is 0.239 e. The van der Waals surface area contributed by atoms with Crippen molar-refractivity contribution in [1.82, 2.24) is 9.29 Å². The Morgan fingerprint density at radius 2 is 1.96 bits per heavy atom. The van der Waals surface area contributed by atoms with E-state index in [1.165, 1.54) is 4.31 Å². The molecule has 6 nitrogen and oxygen atoms in total. The van der Waals surface area contributed by atoms with E-state index >= 15 is 0 Å². The molecule has 24 heavy (non-hydrogen) atoms. The van der Waals surface area contributed by atoms with Gasteiger partial charge < -0.3 is 5.32 Å². The highest BCUT2D eigenvalue weighted by atomic mass is 32.2. The van der Waals surface area contributed by atoms with Gasteiger partial charge in [-0.2, -0.15) is 4.31 Å². The van der Waals surface area contributed by atoms with E-state index in [1.807, 2.05) is 24.3 Å². The average Bonchev–Trinajstić information content (AvgIpc) is 3.06. The van der Waals surface area contributed by atoms with Crippen LogP contribution in [0.5, 0.6) is 0 Å². The van der Waals surface area contributed by atoms with Crippen molar-refractivity contribution in [1.29, 1.82) is 0 Å². The number of fused-ring (bicyclic) bond motifs is 1. The standard InChI is InChI=1S/C17H21N3O3S/c1-24(22,23)20(14-8-2-3-9-14)12-16(21)19-15-10-4-6-13-7-5-11-18-17(13)15/h4-7,10-11,14H,2-3,8-9,12H2,1H3,(H,19,21). The van der Waals surface area contributed by atoms with Crippen LogP contribution in [0.4, 0.5) is 5.69 Å². The zero-order chi connectivity index (χ0) is 17.2. The number of nitrogens with one attached hydrogen (secondary N) is 1. The minimum atomic E-state index is -3.42. The minimum absolute atomic E-state index is 0.0728. The predicted molar refractivity (Wildman–Crippen MR) is 94.2 cm³/mol. The molecule has 128 valence electrons. The van der Waals surface area contributed by atoms with Crippen LogP contribution in [-0.4, -0.2) is 42.5 Å². The fourth-order valence-electron chi connectivity index (χ4n) is 3.25. The molecule has 0 saturated heterocycles. The van der Waals surface area contributed by atoms with Crippen LogP contribution in [0.2, 0.25) is 0 Å². The molecule has 2 aromatic rings. The van der Waals surface area contributed by atoms with Gasteiger partial charge in [0.25, 0.3) is 0 Å². The van der Waals surface area contributed by atoms with Gasteiger partial charge in [-0.25, -0.2) is 8.42 Å². The Morgan fingerprint density at radius 1 is 1.25 bits per heavy atom. The first kappa shape index (κ1) is 16.9. The van der Waals surface area contributed by atoms with Crippen molar-refractivity contribution >= 4 is 32.5 Å². The molecule has 3 rings (SSSR count). The number of nitrogens with zero attached hydrogens (tertiary/aromatic N) is 2. The number of anilines is 1. The van der Waals surface area contributed by atoms with Crippen molar-refractivity contribution in [2.75, 3.05) is 18.1 Å². The third-order valence-corrected chi connectivity index (χ3v) is 5.64. The molecule has 7 heteroatoms. The molecule has 1 aliphatic rings. The molecule has 1 saturated carbocycles. The minimum Gasteiger partial charge on any atom is -0.323 e. The van der Waals surface area contributed by atoms with Crippen LogP contribution in [0.25, 0.3) is 10.9 Å². The lowest BCUT2D eigenvalue weighted by atomic mass is 10.2. The summed E-state index contributed by atoms with van der Waals surface area (Å²) in [6.07, 6.45) is 6.47. The van der Waals surface area contributed by atoms with E-state index in [0.29, 0.717) is 11.2 Å². The number of pyridine rings is 1. The molecular weight excluding hydrogens is 326 g/mol. The number of amides is 1. The second-order valence-electron chi connectivity index (χ2n) is 6.18. The second-order valence-corrected chi connectivity index (χ2v) is 8.11. The fourth-order valence-corrected chi connectivity index (χ4v) is 4.35. The topological polar surface area (TPSA) is 79.4 Å². The summed E-state index contributed by atoms with van der Waals surface area (Å²) in [5, 5.41) is 3.73. The first-order chi connectivity index (χ1) is 11.4. The summed E-state index contributed by atoms with van der Waals surface area (Å²) in [6, 6.07) is 9.20. The normalized spacial score (nSPS) is 15.9. The van der Waals surface area contributed by atoms with Crippen LogP contribution >= 0.6 is 0 Å². The number of carbonyl (C=O) groups excluding carboxylic acids is 1. The maximum absolute atomic E-state index is 12.4. The number of hydrogen-bond donors (Lipinski definition) is 1. The van der Waals surface area contributed by atoms with Crippen molar-refractivity contribution < 1.29 is 13.2 Å². The van der Waals surface area contributed by atoms with E-state index in [0.717, 1.165) is 37.3 Å². The lowest BCUT2D eigenvalue weighted by Crippen LogP contribution is -2.43. The Balaban J connectivity index is 1.78. The smallest absolute Gasteiger partial charge is 0.239 e. The SMILES string of the molecule is CS(=O)(=O)N(CC(=O)Nc1cccc2cccnc12)C1CCCC1. The quantitative estimate of drug-likeness (QED) is 0.900. The number of rotatable bonds is 5. The Bertz CT molecular complexity index is 840. The number of hydrogen-bond acceptors (Lipinski definition) is 4. The first-order valence-electron chi connectivity index (χ1n) is 8.05. The maximum atomic E-state index is 12.4. The molecule has 1 aliphatic carbocycles. The molecule has 1 fully saturated rings. The summed E-state index contributed by atoms with van der Waals surface area (Å²) < 4.78 is 25.4. The fraction of sp³-hybridized carbons (Fsp3) is 0.412. The van der Waals surface area contributed by atoms with Gasteiger partial charge in [0.2, 0.25) is 15.9 Å². The predicted octanol–water partition coefficient (Wildman–Crippen LogP) is 2.38. The van der Waals surface area contributed by atoms with Gasteiger partial charge in [-0.3, -0.25) is 9.78 Å². The summed E-state index contributed by atoms with van der Waals surface area (Å²) in [7, 11) is -3.42. The van der Waals surface area contributed by atoms with Crippen LogP contribution in [-0.2, 0) is 14.8 Å². The molecule has 0 atom stereocenters. The van der Waals surface area contributed by atoms with E-state index in [2.05, 4.69) is 10.3 Å². The van der Waals surface area contributed by atoms with Gasteiger partial charge in [-0.05, 0) is 25.0 Å². The highest BCUT2D eigenvalue weighted by Gasteiger charge is 2.30. The zero-order valence-corrected chi connectivity index (χ0v) is 14.4. The average molecular weight is 347 g/mol. The van der Waals surface area contributed by atoms with Crippen molar-refractivity contribution in [2.45, 2.75) is 31.7 Å². The highest BCUT2D eigenvalue weighted by molar-refractivity contribution is 7.88. The van der Waals surface area contributed by atoms with Crippen LogP contribution < -0.4 is 5.32 Å². The second kappa shape index (κ2) is 6.86. The van der Waals surface area contributed by atoms with Crippen molar-refractivity contribution in [3.8, 4) is 0 Å². The van der Waals surface area contributed by atoms with Crippen LogP contribution in [0.1, 0.15) is 25.7 Å². The van der Waals surface area contributed by atoms with Gasteiger partial charge in [0, 0.05) is 17.6 Å². The largest absolute Gasteiger partial charge is 0.323 e. The molecule has 1 amide bonds. The molecule has 0 radical (unpaired) electrons. The zero-order valence-electron chi connectivity index (χ0n) is 13.6. The van der Waals surface area contributed by atoms with Gasteiger partial charge in [0.1, 0.15) is 0 Å². The van der Waals surface area contributed by atoms with Gasteiger partial charge in [-0.1, -0.05) is 31.0 Å². The third-order valence-electron chi connectivity index (χ3n) is 4.36. The number of sulfonamides is 1. The van der Waals surface area contributed by atoms with Gasteiger partial charge in [0.15, 0.2) is 0 Å². The number of para-hydroxylation sites is 1. The lowest BCUT2D eigenvalue weighted by molar-refractivity contribution is -0.116. The summed E-state index contributed by atoms with van der Waals surface area (Å²) in [5.74, 6) is -0.342. The van der Waals surface area contributed by atoms with E-state index in [9.17, 15) is 13.2 Å². The third kappa shape index (κ3) is 3.73. The molecule has 1 heterocycles. The monoisotopic (exact) mass is 347 g/mol. The molecule has 0 spiro atoms. The highest BCUT2D eigenvalue weighted by Crippen LogP contribution is 2.26. The van der Waals surface area contributed by atoms with Gasteiger partial charge >= 0.3 is 0 Å². The Labute approximate surface area is 141 Å². The van der Waals surface area contributed by atoms with Crippen molar-refractivity contribution in [3.63, 3.8) is 0 Å². The lowest BCUT2D eigenvalue weighted by Gasteiger charge is -2.25. The molecule has 1 aromatic heterocycles. The summed E-state index contributed by atoms with van der Waals surface area (Å²) in [5.41, 5.74) is 1.29. The Morgan fingerprint density at radius 3 is 2.67 bits per heavy atom. The van der Waals surface area contributed by atoms with Crippen LogP contribution in [0.3, 0.4) is 0 Å². The molecule has 0 aliphatic heterocycles. The number of aromatic nitrogens is 1. The van der Waals surface area contributed by atoms with Crippen LogP contribution in [0.15, 0.2) is 36.5 Å². The molecule has 0 unspecified atom stereocenters. The van der Waals surface area contributed by atoms with E-state index in [1.54, 1.807) is 12.3 Å². The Hall–Kier alpha value is -1.99. The summed E-state index contributed by atoms with van der Waals surface area (Å²) in [6.45, 7) is -0.160. The van der Waals surface area contributed by atoms with Gasteiger partial charge in [0.05, 0.1) is 24.0 Å². The molecule has 1 aromatic carbocycles. The van der Waals surface area contributed by atoms with E-state index < -0.39 is 10.0 Å². The van der Waals surface area contributed by atoms with Gasteiger partial charge in [-0.15, -0.1) is 0 Å². The molecule has 1 N–H and O–H groups in total. The first-order valence-corrected chi connectivity index (χ1v) is 9.90.